The Morgan fingerprint density at radius 1 is 1.26 bits per heavy atom. The van der Waals surface area contributed by atoms with Crippen LogP contribution in [0.5, 0.6) is 5.75 Å². The summed E-state index contributed by atoms with van der Waals surface area (Å²) in [5, 5.41) is 3.44. The molecule has 0 radical (unpaired) electrons. The largest absolute Gasteiger partial charge is 0.489 e. The minimum atomic E-state index is -3.91. The number of nitrogens with zero attached hydrogens (tertiary/aromatic N) is 2. The fraction of sp³-hybridized carbons (Fsp3) is 0.500. The SMILES string of the molecule is CCC/C=C1\CCC(C)(S(=O)(=O)N(C)[C@@H](CCC)C(=O)NCc2cccc(OCc3cncc(Cl)c3)c2)O1. The monoisotopic (exact) mass is 563 g/mol. The first kappa shape index (κ1) is 29.9. The number of carbonyl (C=O) groups is 1. The molecule has 2 heterocycles. The van der Waals surface area contributed by atoms with E-state index in [1.54, 1.807) is 25.4 Å². The van der Waals surface area contributed by atoms with Crippen LogP contribution in [0.4, 0.5) is 0 Å². The molecular weight excluding hydrogens is 526 g/mol. The molecule has 0 aliphatic carbocycles. The number of hydrogen-bond acceptors (Lipinski definition) is 6. The molecule has 3 rings (SSSR count). The summed E-state index contributed by atoms with van der Waals surface area (Å²) in [5.74, 6) is 0.994. The Hall–Kier alpha value is -2.62. The maximum atomic E-state index is 13.6. The third kappa shape index (κ3) is 7.48. The van der Waals surface area contributed by atoms with Crippen LogP contribution in [0.15, 0.2) is 54.6 Å². The molecule has 1 aliphatic rings. The number of ether oxygens (including phenoxy) is 2. The third-order valence-corrected chi connectivity index (χ3v) is 9.19. The Labute approximate surface area is 231 Å². The standard InChI is InChI=1S/C28H38ClN3O5S/c1-5-7-11-24-13-14-28(3,37-24)38(34,35)32(4)26(9-6-2)27(33)31-18-21-10-8-12-25(16-21)36-20-22-15-23(29)19-30-17-22/h8,10-12,15-17,19,26H,5-7,9,13-14,18,20H2,1-4H3,(H,31,33)/b24-11+/t26-,28?/m0/s1. The second-order valence-corrected chi connectivity index (χ2v) is 12.5. The number of carbonyl (C=O) groups excluding carboxylic acids is 1. The van der Waals surface area contributed by atoms with Gasteiger partial charge in [-0.3, -0.25) is 9.78 Å². The van der Waals surface area contributed by atoms with Crippen molar-refractivity contribution in [3.63, 3.8) is 0 Å². The van der Waals surface area contributed by atoms with E-state index < -0.39 is 21.0 Å². The van der Waals surface area contributed by atoms with Gasteiger partial charge >= 0.3 is 0 Å². The molecule has 208 valence electrons. The average molecular weight is 564 g/mol. The molecule has 1 aromatic carbocycles. The Morgan fingerprint density at radius 3 is 2.76 bits per heavy atom. The molecule has 2 aromatic rings. The van der Waals surface area contributed by atoms with Gasteiger partial charge in [0.25, 0.3) is 10.0 Å². The maximum absolute atomic E-state index is 13.6. The third-order valence-electron chi connectivity index (χ3n) is 6.59. The zero-order chi connectivity index (χ0) is 27.8. The van der Waals surface area contributed by atoms with Gasteiger partial charge in [-0.05, 0) is 49.6 Å². The van der Waals surface area contributed by atoms with Gasteiger partial charge in [-0.2, -0.15) is 4.31 Å². The number of nitrogens with one attached hydrogen (secondary N) is 1. The van der Waals surface area contributed by atoms with Crippen LogP contribution < -0.4 is 10.1 Å². The van der Waals surface area contributed by atoms with E-state index in [1.807, 2.05) is 37.3 Å². The molecular formula is C28H38ClN3O5S. The second-order valence-electron chi connectivity index (χ2n) is 9.69. The summed E-state index contributed by atoms with van der Waals surface area (Å²) in [6, 6.07) is 8.33. The van der Waals surface area contributed by atoms with Crippen molar-refractivity contribution in [3.8, 4) is 5.75 Å². The lowest BCUT2D eigenvalue weighted by Crippen LogP contribution is -2.53. The number of aromatic nitrogens is 1. The van der Waals surface area contributed by atoms with E-state index in [9.17, 15) is 13.2 Å². The van der Waals surface area contributed by atoms with Crippen molar-refractivity contribution in [2.75, 3.05) is 7.05 Å². The van der Waals surface area contributed by atoms with Crippen molar-refractivity contribution in [3.05, 3.63) is 70.7 Å². The van der Waals surface area contributed by atoms with Gasteiger partial charge in [-0.25, -0.2) is 8.42 Å². The molecule has 1 fully saturated rings. The number of rotatable bonds is 13. The zero-order valence-electron chi connectivity index (χ0n) is 22.6. The van der Waals surface area contributed by atoms with E-state index >= 15 is 0 Å². The maximum Gasteiger partial charge on any atom is 0.255 e. The van der Waals surface area contributed by atoms with E-state index in [-0.39, 0.29) is 12.5 Å². The molecule has 8 nitrogen and oxygen atoms in total. The topological polar surface area (TPSA) is 97.8 Å². The number of unbranched alkanes of at least 4 members (excludes halogenated alkanes) is 1. The van der Waals surface area contributed by atoms with E-state index in [1.165, 1.54) is 11.4 Å². The number of benzene rings is 1. The quantitative estimate of drug-likeness (QED) is 0.342. The molecule has 10 heteroatoms. The van der Waals surface area contributed by atoms with Crippen LogP contribution >= 0.6 is 11.6 Å². The highest BCUT2D eigenvalue weighted by Gasteiger charge is 2.50. The summed E-state index contributed by atoms with van der Waals surface area (Å²) in [6.07, 6.45) is 8.98. The lowest BCUT2D eigenvalue weighted by Gasteiger charge is -2.33. The van der Waals surface area contributed by atoms with E-state index in [2.05, 4.69) is 17.2 Å². The fourth-order valence-corrected chi connectivity index (χ4v) is 6.25. The number of hydrogen-bond donors (Lipinski definition) is 1. The Bertz CT molecular complexity index is 1240. The van der Waals surface area contributed by atoms with Crippen LogP contribution in [0.1, 0.15) is 70.4 Å². The normalized spacial score (nSPS) is 19.4. The predicted octanol–water partition coefficient (Wildman–Crippen LogP) is 5.57. The van der Waals surface area contributed by atoms with Crippen molar-refractivity contribution in [2.24, 2.45) is 0 Å². The Morgan fingerprint density at radius 2 is 2.05 bits per heavy atom. The van der Waals surface area contributed by atoms with Gasteiger partial charge in [0.05, 0.1) is 10.8 Å². The van der Waals surface area contributed by atoms with Gasteiger partial charge < -0.3 is 14.8 Å². The van der Waals surface area contributed by atoms with Gasteiger partial charge in [0.1, 0.15) is 18.4 Å². The molecule has 1 aliphatic heterocycles. The van der Waals surface area contributed by atoms with Crippen molar-refractivity contribution in [1.82, 2.24) is 14.6 Å². The van der Waals surface area contributed by atoms with Crippen LogP contribution in [0.25, 0.3) is 0 Å². The molecule has 38 heavy (non-hydrogen) atoms. The number of likely N-dealkylation sites (N-methyl/N-ethyl adjacent to an activating group) is 1. The van der Waals surface area contributed by atoms with Gasteiger partial charge in [-0.15, -0.1) is 0 Å². The number of pyridine rings is 1. The van der Waals surface area contributed by atoms with Crippen LogP contribution in [-0.4, -0.2) is 41.6 Å². The number of amides is 1. The summed E-state index contributed by atoms with van der Waals surface area (Å²) < 4.78 is 40.1. The molecule has 1 saturated heterocycles. The minimum Gasteiger partial charge on any atom is -0.489 e. The number of halogens is 1. The molecule has 2 atom stereocenters. The first-order valence-corrected chi connectivity index (χ1v) is 14.9. The summed E-state index contributed by atoms with van der Waals surface area (Å²) in [7, 11) is -2.45. The summed E-state index contributed by atoms with van der Waals surface area (Å²) in [4.78, 5) is 15.9. The van der Waals surface area contributed by atoms with Crippen molar-refractivity contribution in [1.29, 1.82) is 0 Å². The van der Waals surface area contributed by atoms with Crippen LogP contribution in [-0.2, 0) is 32.7 Å². The molecule has 0 bridgehead atoms. The number of allylic oxidation sites excluding steroid dienone is 2. The van der Waals surface area contributed by atoms with E-state index in [0.717, 1.165) is 24.0 Å². The molecule has 1 unspecified atom stereocenters. The molecule has 1 amide bonds. The Kier molecular flexibility index (Phi) is 10.6. The van der Waals surface area contributed by atoms with Crippen molar-refractivity contribution in [2.45, 2.75) is 83.4 Å². The molecule has 1 aromatic heterocycles. The zero-order valence-corrected chi connectivity index (χ0v) is 24.1. The molecule has 0 spiro atoms. The highest BCUT2D eigenvalue weighted by atomic mass is 35.5. The predicted molar refractivity (Wildman–Crippen MR) is 149 cm³/mol. The first-order valence-electron chi connectivity index (χ1n) is 13.0. The van der Waals surface area contributed by atoms with Gasteiger partial charge in [-0.1, -0.05) is 50.4 Å². The fourth-order valence-electron chi connectivity index (χ4n) is 4.34. The summed E-state index contributed by atoms with van der Waals surface area (Å²) in [6.45, 7) is 6.13. The van der Waals surface area contributed by atoms with Crippen molar-refractivity contribution < 1.29 is 22.7 Å². The van der Waals surface area contributed by atoms with Crippen molar-refractivity contribution >= 4 is 27.5 Å². The Balaban J connectivity index is 1.64. The summed E-state index contributed by atoms with van der Waals surface area (Å²) >= 11 is 5.98. The summed E-state index contributed by atoms with van der Waals surface area (Å²) in [5.41, 5.74) is 1.67. The minimum absolute atomic E-state index is 0.237. The smallest absolute Gasteiger partial charge is 0.255 e. The highest BCUT2D eigenvalue weighted by molar-refractivity contribution is 7.90. The van der Waals surface area contributed by atoms with E-state index in [0.29, 0.717) is 48.8 Å². The van der Waals surface area contributed by atoms with Crippen LogP contribution in [0.3, 0.4) is 0 Å². The lowest BCUT2D eigenvalue weighted by atomic mass is 10.1. The molecule has 1 N–H and O–H groups in total. The second kappa shape index (κ2) is 13.4. The van der Waals surface area contributed by atoms with Gasteiger partial charge in [0.2, 0.25) is 10.8 Å². The van der Waals surface area contributed by atoms with E-state index in [4.69, 9.17) is 21.1 Å². The molecule has 0 saturated carbocycles. The van der Waals surface area contributed by atoms with Gasteiger partial charge in [0, 0.05) is 44.4 Å². The van der Waals surface area contributed by atoms with Crippen LogP contribution in [0.2, 0.25) is 5.02 Å². The van der Waals surface area contributed by atoms with Crippen LogP contribution in [0, 0.1) is 0 Å². The highest BCUT2D eigenvalue weighted by Crippen LogP contribution is 2.39. The number of sulfonamides is 1. The first-order chi connectivity index (χ1) is 18.1. The average Bonchev–Trinajstić information content (AvgIpc) is 3.30. The lowest BCUT2D eigenvalue weighted by molar-refractivity contribution is -0.125. The van der Waals surface area contributed by atoms with Gasteiger partial charge in [0.15, 0.2) is 0 Å².